The zero-order valence-electron chi connectivity index (χ0n) is 7.41. The minimum absolute atomic E-state index is 0.129. The molecule has 0 aliphatic rings. The molecule has 0 N–H and O–H groups in total. The molecule has 0 bridgehead atoms. The van der Waals surface area contributed by atoms with Crippen LogP contribution >= 0.6 is 11.5 Å². The van der Waals surface area contributed by atoms with E-state index in [2.05, 4.69) is 4.37 Å². The minimum Gasteiger partial charge on any atom is -0.287 e. The van der Waals surface area contributed by atoms with Gasteiger partial charge in [-0.2, -0.15) is 4.37 Å². The molecule has 5 heteroatoms. The third-order valence-corrected chi connectivity index (χ3v) is 2.43. The Hall–Kier alpha value is -1.62. The van der Waals surface area contributed by atoms with Crippen molar-refractivity contribution in [2.45, 2.75) is 0 Å². The van der Waals surface area contributed by atoms with Crippen LogP contribution in [0.4, 0.5) is 8.78 Å². The molecule has 0 aliphatic carbocycles. The van der Waals surface area contributed by atoms with Crippen LogP contribution in [0.3, 0.4) is 0 Å². The number of hydrogen-bond donors (Lipinski definition) is 0. The molecule has 1 heterocycles. The molecule has 0 spiro atoms. The summed E-state index contributed by atoms with van der Waals surface area (Å²) in [7, 11) is 0. The van der Waals surface area contributed by atoms with Crippen LogP contribution in [0.2, 0.25) is 0 Å². The van der Waals surface area contributed by atoms with Gasteiger partial charge in [-0.15, -0.1) is 0 Å². The number of aromatic nitrogens is 1. The number of carbonyl (C=O) groups excluding carboxylic acids is 1. The maximum atomic E-state index is 13.2. The van der Waals surface area contributed by atoms with E-state index in [0.29, 0.717) is 0 Å². The predicted octanol–water partition coefficient (Wildman–Crippen LogP) is 2.65. The first-order chi connectivity index (χ1) is 7.20. The minimum atomic E-state index is -1.13. The van der Waals surface area contributed by atoms with Gasteiger partial charge in [-0.25, -0.2) is 8.78 Å². The van der Waals surface area contributed by atoms with Crippen molar-refractivity contribution in [3.05, 3.63) is 52.5 Å². The highest BCUT2D eigenvalue weighted by atomic mass is 32.1. The van der Waals surface area contributed by atoms with Gasteiger partial charge >= 0.3 is 0 Å². The summed E-state index contributed by atoms with van der Waals surface area (Å²) in [5, 5.41) is 1.60. The molecular formula is C10H5F2NOS. The Morgan fingerprint density at radius 1 is 1.27 bits per heavy atom. The largest absolute Gasteiger partial charge is 0.287 e. The highest BCUT2D eigenvalue weighted by Crippen LogP contribution is 2.15. The lowest BCUT2D eigenvalue weighted by Crippen LogP contribution is -2.05. The normalized spacial score (nSPS) is 10.3. The van der Waals surface area contributed by atoms with Gasteiger partial charge in [-0.1, -0.05) is 6.07 Å². The van der Waals surface area contributed by atoms with Gasteiger partial charge in [0.15, 0.2) is 11.6 Å². The van der Waals surface area contributed by atoms with Crippen LogP contribution in [0, 0.1) is 11.6 Å². The van der Waals surface area contributed by atoms with Gasteiger partial charge in [-0.3, -0.25) is 4.79 Å². The second-order valence-electron chi connectivity index (χ2n) is 2.82. The lowest BCUT2D eigenvalue weighted by Gasteiger charge is -1.99. The van der Waals surface area contributed by atoms with Crippen molar-refractivity contribution in [2.24, 2.45) is 0 Å². The van der Waals surface area contributed by atoms with Crippen LogP contribution < -0.4 is 0 Å². The Balaban J connectivity index is 2.47. The van der Waals surface area contributed by atoms with Crippen molar-refractivity contribution in [1.29, 1.82) is 0 Å². The van der Waals surface area contributed by atoms with Gasteiger partial charge in [-0.05, 0) is 29.7 Å². The van der Waals surface area contributed by atoms with E-state index in [1.165, 1.54) is 18.2 Å². The summed E-state index contributed by atoms with van der Waals surface area (Å²) in [5.74, 6) is -2.76. The summed E-state index contributed by atoms with van der Waals surface area (Å²) in [6.07, 6.45) is 0. The maximum absolute atomic E-state index is 13.2. The second kappa shape index (κ2) is 3.86. The second-order valence-corrected chi connectivity index (χ2v) is 3.48. The highest BCUT2D eigenvalue weighted by molar-refractivity contribution is 7.03. The third kappa shape index (κ3) is 1.78. The Bertz CT molecular complexity index is 496. The Morgan fingerprint density at radius 2 is 2.07 bits per heavy atom. The van der Waals surface area contributed by atoms with E-state index < -0.39 is 17.4 Å². The number of carbonyl (C=O) groups is 1. The topological polar surface area (TPSA) is 30.0 Å². The molecule has 2 aromatic rings. The summed E-state index contributed by atoms with van der Waals surface area (Å²) in [5.41, 5.74) is -0.162. The first-order valence-electron chi connectivity index (χ1n) is 4.09. The van der Waals surface area contributed by atoms with Crippen molar-refractivity contribution in [2.75, 3.05) is 0 Å². The predicted molar refractivity (Wildman–Crippen MR) is 51.9 cm³/mol. The number of rotatable bonds is 2. The zero-order valence-corrected chi connectivity index (χ0v) is 8.22. The molecule has 0 amide bonds. The van der Waals surface area contributed by atoms with Crippen molar-refractivity contribution in [3.63, 3.8) is 0 Å². The molecule has 1 aromatic carbocycles. The number of nitrogens with zero attached hydrogens (tertiary/aromatic N) is 1. The van der Waals surface area contributed by atoms with Crippen LogP contribution in [0.15, 0.2) is 29.6 Å². The van der Waals surface area contributed by atoms with E-state index in [1.54, 1.807) is 5.38 Å². The Kier molecular flexibility index (Phi) is 2.55. The smallest absolute Gasteiger partial charge is 0.215 e. The number of benzene rings is 1. The van der Waals surface area contributed by atoms with Crippen LogP contribution in [0.25, 0.3) is 0 Å². The van der Waals surface area contributed by atoms with Crippen molar-refractivity contribution < 1.29 is 13.6 Å². The lowest BCUT2D eigenvalue weighted by atomic mass is 10.1. The molecule has 2 rings (SSSR count). The molecule has 76 valence electrons. The quantitative estimate of drug-likeness (QED) is 0.735. The average molecular weight is 225 g/mol. The van der Waals surface area contributed by atoms with E-state index in [0.717, 1.165) is 17.6 Å². The monoisotopic (exact) mass is 225 g/mol. The summed E-state index contributed by atoms with van der Waals surface area (Å²) in [6.45, 7) is 0. The number of ketones is 1. The molecule has 0 radical (unpaired) electrons. The summed E-state index contributed by atoms with van der Waals surface area (Å²) in [4.78, 5) is 11.6. The molecular weight excluding hydrogens is 220 g/mol. The van der Waals surface area contributed by atoms with Gasteiger partial charge < -0.3 is 0 Å². The van der Waals surface area contributed by atoms with E-state index in [-0.39, 0.29) is 11.3 Å². The van der Waals surface area contributed by atoms with Crippen molar-refractivity contribution >= 4 is 17.3 Å². The van der Waals surface area contributed by atoms with Gasteiger partial charge in [0.2, 0.25) is 5.78 Å². The Labute approximate surface area is 88.3 Å². The zero-order chi connectivity index (χ0) is 10.8. The van der Waals surface area contributed by atoms with Gasteiger partial charge in [0.05, 0.1) is 5.56 Å². The third-order valence-electron chi connectivity index (χ3n) is 1.87. The Morgan fingerprint density at radius 3 is 2.73 bits per heavy atom. The van der Waals surface area contributed by atoms with Crippen LogP contribution in [0.5, 0.6) is 0 Å². The van der Waals surface area contributed by atoms with E-state index in [1.807, 2.05) is 0 Å². The molecule has 0 saturated carbocycles. The van der Waals surface area contributed by atoms with Crippen LogP contribution in [-0.4, -0.2) is 10.2 Å². The molecule has 0 aliphatic heterocycles. The van der Waals surface area contributed by atoms with E-state index >= 15 is 0 Å². The summed E-state index contributed by atoms with van der Waals surface area (Å²) < 4.78 is 29.8. The fourth-order valence-electron chi connectivity index (χ4n) is 1.15. The van der Waals surface area contributed by atoms with Crippen LogP contribution in [0.1, 0.15) is 16.1 Å². The lowest BCUT2D eigenvalue weighted by molar-refractivity contribution is 0.103. The fourth-order valence-corrected chi connectivity index (χ4v) is 1.65. The molecule has 0 fully saturated rings. The number of halogens is 2. The molecule has 1 aromatic heterocycles. The number of hydrogen-bond acceptors (Lipinski definition) is 3. The molecule has 0 saturated heterocycles. The standard InChI is InChI=1S/C10H5F2NOS/c11-7-3-1-2-6(9(7)12)10(14)8-4-5-15-13-8/h1-5H. The SMILES string of the molecule is O=C(c1ccsn1)c1cccc(F)c1F. The summed E-state index contributed by atoms with van der Waals surface area (Å²) >= 11 is 1.09. The van der Waals surface area contributed by atoms with Gasteiger partial charge in [0.1, 0.15) is 5.69 Å². The first kappa shape index (κ1) is 9.92. The van der Waals surface area contributed by atoms with E-state index in [9.17, 15) is 13.6 Å². The molecule has 0 unspecified atom stereocenters. The highest BCUT2D eigenvalue weighted by Gasteiger charge is 2.17. The van der Waals surface area contributed by atoms with Crippen molar-refractivity contribution in [1.82, 2.24) is 4.37 Å². The fraction of sp³-hybridized carbons (Fsp3) is 0. The van der Waals surface area contributed by atoms with Crippen molar-refractivity contribution in [3.8, 4) is 0 Å². The van der Waals surface area contributed by atoms with Gasteiger partial charge in [0, 0.05) is 5.38 Å². The molecule has 2 nitrogen and oxygen atoms in total. The average Bonchev–Trinajstić information content (AvgIpc) is 2.74. The first-order valence-corrected chi connectivity index (χ1v) is 4.93. The molecule has 15 heavy (non-hydrogen) atoms. The summed E-state index contributed by atoms with van der Waals surface area (Å²) in [6, 6.07) is 4.96. The maximum Gasteiger partial charge on any atom is 0.215 e. The van der Waals surface area contributed by atoms with Gasteiger partial charge in [0.25, 0.3) is 0 Å². The van der Waals surface area contributed by atoms with Crippen LogP contribution in [-0.2, 0) is 0 Å². The van der Waals surface area contributed by atoms with E-state index in [4.69, 9.17) is 0 Å². The molecule has 0 atom stereocenters.